The predicted octanol–water partition coefficient (Wildman–Crippen LogP) is 3.63. The lowest BCUT2D eigenvalue weighted by Crippen LogP contribution is -2.44. The van der Waals surface area contributed by atoms with Crippen LogP contribution in [0.3, 0.4) is 0 Å². The molecule has 1 atom stereocenters. The molecule has 1 N–H and O–H groups in total. The molecular formula is C16H18ClF3N2O2. The van der Waals surface area contributed by atoms with E-state index in [0.717, 1.165) is 12.1 Å². The Kier molecular flexibility index (Phi) is 4.86. The van der Waals surface area contributed by atoms with Crippen LogP contribution in [0, 0.1) is 5.92 Å². The van der Waals surface area contributed by atoms with Crippen LogP contribution in [0.2, 0.25) is 5.02 Å². The second-order valence-corrected chi connectivity index (χ2v) is 7.21. The normalized spacial score (nSPS) is 18.9. The molecule has 0 saturated carbocycles. The summed E-state index contributed by atoms with van der Waals surface area (Å²) in [5, 5.41) is 2.35. The maximum atomic E-state index is 13.0. The van der Waals surface area contributed by atoms with Crippen molar-refractivity contribution in [3.8, 4) is 0 Å². The fourth-order valence-electron chi connectivity index (χ4n) is 2.50. The summed E-state index contributed by atoms with van der Waals surface area (Å²) in [5.74, 6) is -1.27. The van der Waals surface area contributed by atoms with Crippen LogP contribution in [0.4, 0.5) is 18.9 Å². The maximum absolute atomic E-state index is 13.0. The SMILES string of the molecule is CC(C)(C)NC(=O)C1CC(=O)N(c2ccc(Cl)c(C(F)(F)F)c2)C1. The van der Waals surface area contributed by atoms with Crippen molar-refractivity contribution in [1.82, 2.24) is 5.32 Å². The minimum Gasteiger partial charge on any atom is -0.351 e. The fraction of sp³-hybridized carbons (Fsp3) is 0.500. The zero-order valence-corrected chi connectivity index (χ0v) is 14.3. The van der Waals surface area contributed by atoms with E-state index in [4.69, 9.17) is 11.6 Å². The smallest absolute Gasteiger partial charge is 0.351 e. The number of anilines is 1. The number of carbonyl (C=O) groups excluding carboxylic acids is 2. The van der Waals surface area contributed by atoms with Gasteiger partial charge in [-0.05, 0) is 39.0 Å². The molecule has 1 fully saturated rings. The number of nitrogens with one attached hydrogen (secondary N) is 1. The van der Waals surface area contributed by atoms with Gasteiger partial charge in [-0.1, -0.05) is 11.6 Å². The Morgan fingerprint density at radius 1 is 1.29 bits per heavy atom. The van der Waals surface area contributed by atoms with Crippen molar-refractivity contribution in [3.05, 3.63) is 28.8 Å². The van der Waals surface area contributed by atoms with Crippen LogP contribution in [0.5, 0.6) is 0 Å². The number of carbonyl (C=O) groups is 2. The Hall–Kier alpha value is -1.76. The molecule has 1 heterocycles. The number of benzene rings is 1. The molecule has 4 nitrogen and oxygen atoms in total. The molecule has 1 saturated heterocycles. The van der Waals surface area contributed by atoms with Gasteiger partial charge in [0.1, 0.15) is 0 Å². The molecule has 0 aliphatic carbocycles. The van der Waals surface area contributed by atoms with Crippen molar-refractivity contribution in [1.29, 1.82) is 0 Å². The number of alkyl halides is 3. The maximum Gasteiger partial charge on any atom is 0.417 e. The van der Waals surface area contributed by atoms with Crippen molar-refractivity contribution in [2.75, 3.05) is 11.4 Å². The van der Waals surface area contributed by atoms with Gasteiger partial charge >= 0.3 is 6.18 Å². The number of hydrogen-bond donors (Lipinski definition) is 1. The monoisotopic (exact) mass is 362 g/mol. The first-order chi connectivity index (χ1) is 10.9. The molecule has 0 radical (unpaired) electrons. The number of rotatable bonds is 2. The highest BCUT2D eigenvalue weighted by molar-refractivity contribution is 6.31. The zero-order chi connectivity index (χ0) is 18.3. The molecule has 132 valence electrons. The first-order valence-corrected chi connectivity index (χ1v) is 7.75. The first-order valence-electron chi connectivity index (χ1n) is 7.37. The number of halogens is 4. The summed E-state index contributed by atoms with van der Waals surface area (Å²) in [6.45, 7) is 5.48. The van der Waals surface area contributed by atoms with Crippen LogP contribution < -0.4 is 10.2 Å². The number of hydrogen-bond acceptors (Lipinski definition) is 2. The predicted molar refractivity (Wildman–Crippen MR) is 84.8 cm³/mol. The topological polar surface area (TPSA) is 49.4 Å². The third-order valence-corrected chi connectivity index (χ3v) is 3.89. The van der Waals surface area contributed by atoms with Crippen molar-refractivity contribution in [2.45, 2.75) is 38.9 Å². The summed E-state index contributed by atoms with van der Waals surface area (Å²) < 4.78 is 38.9. The third-order valence-electron chi connectivity index (χ3n) is 3.56. The summed E-state index contributed by atoms with van der Waals surface area (Å²) >= 11 is 5.59. The average Bonchev–Trinajstić information content (AvgIpc) is 2.78. The first kappa shape index (κ1) is 18.6. The molecule has 0 aromatic heterocycles. The van der Waals surface area contributed by atoms with Crippen molar-refractivity contribution in [2.24, 2.45) is 5.92 Å². The van der Waals surface area contributed by atoms with Crippen molar-refractivity contribution >= 4 is 29.1 Å². The van der Waals surface area contributed by atoms with Crippen molar-refractivity contribution in [3.63, 3.8) is 0 Å². The minimum absolute atomic E-state index is 0.0358. The van der Waals surface area contributed by atoms with Crippen LogP contribution in [-0.2, 0) is 15.8 Å². The molecular weight excluding hydrogens is 345 g/mol. The van der Waals surface area contributed by atoms with Gasteiger partial charge in [0.15, 0.2) is 0 Å². The van der Waals surface area contributed by atoms with E-state index in [9.17, 15) is 22.8 Å². The Morgan fingerprint density at radius 2 is 1.92 bits per heavy atom. The highest BCUT2D eigenvalue weighted by atomic mass is 35.5. The second-order valence-electron chi connectivity index (χ2n) is 6.81. The lowest BCUT2D eigenvalue weighted by molar-refractivity contribution is -0.137. The van der Waals surface area contributed by atoms with Gasteiger partial charge < -0.3 is 10.2 Å². The van der Waals surface area contributed by atoms with E-state index in [1.54, 1.807) is 0 Å². The molecule has 1 aliphatic rings. The van der Waals surface area contributed by atoms with Gasteiger partial charge in [0.2, 0.25) is 11.8 Å². The van der Waals surface area contributed by atoms with Gasteiger partial charge in [-0.15, -0.1) is 0 Å². The molecule has 1 aliphatic heterocycles. The lowest BCUT2D eigenvalue weighted by Gasteiger charge is -2.23. The Morgan fingerprint density at radius 3 is 2.46 bits per heavy atom. The number of nitrogens with zero attached hydrogens (tertiary/aromatic N) is 1. The van der Waals surface area contributed by atoms with Crippen molar-refractivity contribution < 1.29 is 22.8 Å². The van der Waals surface area contributed by atoms with E-state index in [0.29, 0.717) is 0 Å². The molecule has 1 aromatic carbocycles. The molecule has 2 amide bonds. The highest BCUT2D eigenvalue weighted by Crippen LogP contribution is 2.38. The minimum atomic E-state index is -4.61. The molecule has 2 rings (SSSR count). The van der Waals surface area contributed by atoms with E-state index in [2.05, 4.69) is 5.32 Å². The molecule has 1 unspecified atom stereocenters. The standard InChI is InChI=1S/C16H18ClF3N2O2/c1-15(2,3)21-14(24)9-6-13(23)22(8-9)10-4-5-12(17)11(7-10)16(18,19)20/h4-5,7,9H,6,8H2,1-3H3,(H,21,24). The summed E-state index contributed by atoms with van der Waals surface area (Å²) in [5.41, 5.74) is -1.36. The molecule has 0 spiro atoms. The van der Waals surface area contributed by atoms with Gasteiger partial charge in [-0.25, -0.2) is 0 Å². The van der Waals surface area contributed by atoms with Crippen LogP contribution in [0.15, 0.2) is 18.2 Å². The summed E-state index contributed by atoms with van der Waals surface area (Å²) in [4.78, 5) is 25.5. The summed E-state index contributed by atoms with van der Waals surface area (Å²) in [6, 6.07) is 3.29. The van der Waals surface area contributed by atoms with E-state index in [1.807, 2.05) is 20.8 Å². The zero-order valence-electron chi connectivity index (χ0n) is 13.5. The quantitative estimate of drug-likeness (QED) is 0.873. The van der Waals surface area contributed by atoms with Gasteiger partial charge in [0, 0.05) is 24.2 Å². The largest absolute Gasteiger partial charge is 0.417 e. The van der Waals surface area contributed by atoms with Gasteiger partial charge in [-0.3, -0.25) is 9.59 Å². The van der Waals surface area contributed by atoms with E-state index in [1.165, 1.54) is 11.0 Å². The van der Waals surface area contributed by atoms with E-state index < -0.39 is 28.2 Å². The van der Waals surface area contributed by atoms with E-state index >= 15 is 0 Å². The van der Waals surface area contributed by atoms with E-state index in [-0.39, 0.29) is 30.5 Å². The lowest BCUT2D eigenvalue weighted by atomic mass is 10.0. The summed E-state index contributed by atoms with van der Waals surface area (Å²) in [7, 11) is 0. The Bertz CT molecular complexity index is 668. The molecule has 24 heavy (non-hydrogen) atoms. The highest BCUT2D eigenvalue weighted by Gasteiger charge is 2.38. The Balaban J connectivity index is 2.22. The number of amides is 2. The van der Waals surface area contributed by atoms with Crippen LogP contribution in [0.25, 0.3) is 0 Å². The average molecular weight is 363 g/mol. The second kappa shape index (κ2) is 6.27. The van der Waals surface area contributed by atoms with Gasteiger partial charge in [0.05, 0.1) is 16.5 Å². The Labute approximate surface area is 143 Å². The molecule has 0 bridgehead atoms. The van der Waals surface area contributed by atoms with Gasteiger partial charge in [0.25, 0.3) is 0 Å². The summed E-state index contributed by atoms with van der Waals surface area (Å²) in [6.07, 6.45) is -4.65. The molecule has 1 aromatic rings. The third kappa shape index (κ3) is 4.20. The molecule has 8 heteroatoms. The van der Waals surface area contributed by atoms with Crippen LogP contribution >= 0.6 is 11.6 Å². The fourth-order valence-corrected chi connectivity index (χ4v) is 2.73. The van der Waals surface area contributed by atoms with Crippen LogP contribution in [0.1, 0.15) is 32.8 Å². The van der Waals surface area contributed by atoms with Crippen LogP contribution in [-0.4, -0.2) is 23.9 Å². The van der Waals surface area contributed by atoms with Gasteiger partial charge in [-0.2, -0.15) is 13.2 Å².